The molecule has 1 aromatic heterocycles. The van der Waals surface area contributed by atoms with Crippen molar-refractivity contribution in [1.29, 1.82) is 0 Å². The molecule has 1 unspecified atom stereocenters. The second-order valence-electron chi connectivity index (χ2n) is 3.76. The lowest BCUT2D eigenvalue weighted by molar-refractivity contribution is -0.0600. The van der Waals surface area contributed by atoms with Crippen molar-refractivity contribution in [2.45, 2.75) is 19.1 Å². The molecule has 1 fully saturated rings. The third-order valence-corrected chi connectivity index (χ3v) is 2.79. The first kappa shape index (κ1) is 8.85. The molecule has 3 rings (SSSR count). The van der Waals surface area contributed by atoms with Crippen LogP contribution in [0, 0.1) is 6.08 Å². The lowest BCUT2D eigenvalue weighted by Crippen LogP contribution is -2.31. The fourth-order valence-corrected chi connectivity index (χ4v) is 1.85. The number of fused-ring (bicyclic) bond motifs is 1. The first-order chi connectivity index (χ1) is 7.34. The predicted octanol–water partition coefficient (Wildman–Crippen LogP) is 1.96. The summed E-state index contributed by atoms with van der Waals surface area (Å²) >= 11 is 0. The molecular formula is C11H11FN2O. The molecule has 1 aliphatic rings. The van der Waals surface area contributed by atoms with Crippen molar-refractivity contribution >= 4 is 11.0 Å². The van der Waals surface area contributed by atoms with E-state index in [9.17, 15) is 4.39 Å². The average Bonchev–Trinajstić information content (AvgIpc) is 2.48. The van der Waals surface area contributed by atoms with Gasteiger partial charge in [0.1, 0.15) is 0 Å². The fourth-order valence-electron chi connectivity index (χ4n) is 1.85. The van der Waals surface area contributed by atoms with Gasteiger partial charge in [-0.25, -0.2) is 4.98 Å². The van der Waals surface area contributed by atoms with Crippen LogP contribution in [0.25, 0.3) is 11.0 Å². The number of nitrogens with zero attached hydrogens (tertiary/aromatic N) is 2. The Morgan fingerprint density at radius 2 is 2.27 bits per heavy atom. The van der Waals surface area contributed by atoms with Crippen molar-refractivity contribution < 1.29 is 9.13 Å². The van der Waals surface area contributed by atoms with Crippen molar-refractivity contribution in [3.05, 3.63) is 30.3 Å². The monoisotopic (exact) mass is 206 g/mol. The summed E-state index contributed by atoms with van der Waals surface area (Å²) in [6, 6.07) is 7.45. The van der Waals surface area contributed by atoms with Crippen molar-refractivity contribution in [1.82, 2.24) is 9.55 Å². The zero-order chi connectivity index (χ0) is 10.3. The average molecular weight is 206 g/mol. The van der Waals surface area contributed by atoms with Crippen LogP contribution in [0.5, 0.6) is 0 Å². The summed E-state index contributed by atoms with van der Waals surface area (Å²) in [6.45, 7) is 1.35. The maximum Gasteiger partial charge on any atom is 0.290 e. The molecule has 3 nitrogen and oxygen atoms in total. The predicted molar refractivity (Wildman–Crippen MR) is 54.0 cm³/mol. The first-order valence-corrected chi connectivity index (χ1v) is 5.07. The van der Waals surface area contributed by atoms with E-state index in [0.29, 0.717) is 12.1 Å². The zero-order valence-corrected chi connectivity index (χ0v) is 8.19. The Kier molecular flexibility index (Phi) is 1.95. The third-order valence-electron chi connectivity index (χ3n) is 2.79. The van der Waals surface area contributed by atoms with Gasteiger partial charge in [0.15, 0.2) is 0 Å². The van der Waals surface area contributed by atoms with Crippen molar-refractivity contribution in [2.75, 3.05) is 6.61 Å². The van der Waals surface area contributed by atoms with Crippen LogP contribution in [0.1, 0.15) is 6.42 Å². The second kappa shape index (κ2) is 3.31. The van der Waals surface area contributed by atoms with Crippen molar-refractivity contribution in [2.24, 2.45) is 0 Å². The quantitative estimate of drug-likeness (QED) is 0.751. The standard InChI is InChI=1S/C11H11FN2O/c12-11-13-9-3-1-2-4-10(9)14(11)7-8-5-6-15-8/h1-4,8H,5-7H2. The molecule has 0 radical (unpaired) electrons. The van der Waals surface area contributed by atoms with Crippen LogP contribution in [0.15, 0.2) is 24.3 Å². The number of para-hydroxylation sites is 2. The molecule has 0 spiro atoms. The van der Waals surface area contributed by atoms with E-state index in [-0.39, 0.29) is 6.10 Å². The Balaban J connectivity index is 2.03. The number of hydrogen-bond acceptors (Lipinski definition) is 2. The summed E-state index contributed by atoms with van der Waals surface area (Å²) in [4.78, 5) is 3.87. The van der Waals surface area contributed by atoms with Crippen LogP contribution < -0.4 is 0 Å². The van der Waals surface area contributed by atoms with Gasteiger partial charge in [0.05, 0.1) is 23.7 Å². The van der Waals surface area contributed by atoms with E-state index >= 15 is 0 Å². The van der Waals surface area contributed by atoms with E-state index in [1.807, 2.05) is 24.3 Å². The van der Waals surface area contributed by atoms with E-state index in [1.54, 1.807) is 4.57 Å². The van der Waals surface area contributed by atoms with Gasteiger partial charge in [-0.1, -0.05) is 12.1 Å². The van der Waals surface area contributed by atoms with Gasteiger partial charge in [-0.2, -0.15) is 4.39 Å². The summed E-state index contributed by atoms with van der Waals surface area (Å²) in [5.74, 6) is 0. The van der Waals surface area contributed by atoms with Crippen LogP contribution in [0.2, 0.25) is 0 Å². The van der Waals surface area contributed by atoms with Crippen molar-refractivity contribution in [3.63, 3.8) is 0 Å². The lowest BCUT2D eigenvalue weighted by atomic mass is 10.2. The molecule has 0 saturated carbocycles. The molecule has 0 N–H and O–H groups in total. The number of halogens is 1. The van der Waals surface area contributed by atoms with E-state index in [1.165, 1.54) is 0 Å². The van der Waals surface area contributed by atoms with Gasteiger partial charge in [-0.05, 0) is 18.6 Å². The van der Waals surface area contributed by atoms with E-state index in [2.05, 4.69) is 4.98 Å². The minimum atomic E-state index is -0.424. The molecule has 1 atom stereocenters. The highest BCUT2D eigenvalue weighted by molar-refractivity contribution is 5.75. The highest BCUT2D eigenvalue weighted by Gasteiger charge is 2.21. The van der Waals surface area contributed by atoms with Gasteiger partial charge in [-0.15, -0.1) is 0 Å². The highest BCUT2D eigenvalue weighted by Crippen LogP contribution is 2.19. The van der Waals surface area contributed by atoms with E-state index in [4.69, 9.17) is 4.74 Å². The summed E-state index contributed by atoms with van der Waals surface area (Å²) in [7, 11) is 0. The topological polar surface area (TPSA) is 27.1 Å². The first-order valence-electron chi connectivity index (χ1n) is 5.07. The Morgan fingerprint density at radius 3 is 3.00 bits per heavy atom. The molecular weight excluding hydrogens is 195 g/mol. The molecule has 15 heavy (non-hydrogen) atoms. The summed E-state index contributed by atoms with van der Waals surface area (Å²) in [5.41, 5.74) is 1.54. The molecule has 0 aliphatic carbocycles. The minimum Gasteiger partial charge on any atom is -0.376 e. The van der Waals surface area contributed by atoms with Gasteiger partial charge in [0.25, 0.3) is 6.08 Å². The number of imidazole rings is 1. The van der Waals surface area contributed by atoms with Gasteiger partial charge >= 0.3 is 0 Å². The van der Waals surface area contributed by atoms with E-state index in [0.717, 1.165) is 18.5 Å². The van der Waals surface area contributed by atoms with Gasteiger partial charge in [-0.3, -0.25) is 4.57 Å². The number of ether oxygens (including phenoxy) is 1. The van der Waals surface area contributed by atoms with Crippen LogP contribution >= 0.6 is 0 Å². The van der Waals surface area contributed by atoms with Crippen LogP contribution in [-0.4, -0.2) is 22.3 Å². The third kappa shape index (κ3) is 1.41. The second-order valence-corrected chi connectivity index (χ2v) is 3.76. The Hall–Kier alpha value is -1.42. The summed E-state index contributed by atoms with van der Waals surface area (Å²) < 4.78 is 20.4. The smallest absolute Gasteiger partial charge is 0.290 e. The molecule has 1 aliphatic heterocycles. The molecule has 1 aromatic carbocycles. The zero-order valence-electron chi connectivity index (χ0n) is 8.19. The largest absolute Gasteiger partial charge is 0.376 e. The molecule has 78 valence electrons. The normalized spacial score (nSPS) is 20.5. The molecule has 0 amide bonds. The van der Waals surface area contributed by atoms with E-state index < -0.39 is 6.08 Å². The van der Waals surface area contributed by atoms with Gasteiger partial charge < -0.3 is 4.74 Å². The lowest BCUT2D eigenvalue weighted by Gasteiger charge is -2.26. The SMILES string of the molecule is Fc1nc2ccccc2n1CC1CCO1. The number of benzene rings is 1. The summed E-state index contributed by atoms with van der Waals surface area (Å²) in [6.07, 6.45) is 0.732. The summed E-state index contributed by atoms with van der Waals surface area (Å²) in [5, 5.41) is 0. The molecule has 4 heteroatoms. The maximum absolute atomic E-state index is 13.5. The van der Waals surface area contributed by atoms with Crippen molar-refractivity contribution in [3.8, 4) is 0 Å². The Morgan fingerprint density at radius 1 is 1.47 bits per heavy atom. The Labute approximate surface area is 86.5 Å². The maximum atomic E-state index is 13.5. The molecule has 2 heterocycles. The van der Waals surface area contributed by atoms with Crippen LogP contribution in [-0.2, 0) is 11.3 Å². The number of aromatic nitrogens is 2. The van der Waals surface area contributed by atoms with Gasteiger partial charge in [0.2, 0.25) is 0 Å². The Bertz CT molecular complexity index is 490. The molecule has 0 bridgehead atoms. The number of rotatable bonds is 2. The molecule has 2 aromatic rings. The number of hydrogen-bond donors (Lipinski definition) is 0. The molecule has 1 saturated heterocycles. The van der Waals surface area contributed by atoms with Crippen LogP contribution in [0.4, 0.5) is 4.39 Å². The van der Waals surface area contributed by atoms with Crippen LogP contribution in [0.3, 0.4) is 0 Å². The fraction of sp³-hybridized carbons (Fsp3) is 0.364. The van der Waals surface area contributed by atoms with Gasteiger partial charge in [0, 0.05) is 6.61 Å². The minimum absolute atomic E-state index is 0.150. The highest BCUT2D eigenvalue weighted by atomic mass is 19.1.